The van der Waals surface area contributed by atoms with Gasteiger partial charge in [-0.15, -0.1) is 0 Å². The molecule has 1 fully saturated rings. The Bertz CT molecular complexity index is 481. The van der Waals surface area contributed by atoms with Crippen LogP contribution in [0, 0.1) is 0 Å². The number of carbonyl (C=O) groups is 1. The molecule has 1 aliphatic rings. The molecule has 1 saturated heterocycles. The van der Waals surface area contributed by atoms with Crippen molar-refractivity contribution in [2.75, 3.05) is 18.5 Å². The zero-order valence-electron chi connectivity index (χ0n) is 10.9. The van der Waals surface area contributed by atoms with Gasteiger partial charge in [0, 0.05) is 12.3 Å². The molecule has 7 nitrogen and oxygen atoms in total. The molecule has 7 heteroatoms. The maximum absolute atomic E-state index is 11.8. The summed E-state index contributed by atoms with van der Waals surface area (Å²) >= 11 is 0. The molecule has 1 unspecified atom stereocenters. The van der Waals surface area contributed by atoms with E-state index < -0.39 is 0 Å². The van der Waals surface area contributed by atoms with Crippen LogP contribution in [0.15, 0.2) is 29.4 Å². The van der Waals surface area contributed by atoms with Crippen LogP contribution in [0.3, 0.4) is 0 Å². The fraction of sp³-hybridized carbons (Fsp3) is 0.385. The molecular weight excluding hydrogens is 262 g/mol. The number of oxime groups is 1. The number of benzene rings is 1. The lowest BCUT2D eigenvalue weighted by molar-refractivity contribution is -0.124. The first-order valence-electron chi connectivity index (χ1n) is 6.31. The van der Waals surface area contributed by atoms with Gasteiger partial charge in [-0.25, -0.2) is 0 Å². The van der Waals surface area contributed by atoms with Gasteiger partial charge in [0.05, 0.1) is 0 Å². The number of rotatable bonds is 5. The molecule has 1 aromatic carbocycles. The summed E-state index contributed by atoms with van der Waals surface area (Å²) in [5.41, 5.74) is 5.96. The number of carbonyl (C=O) groups excluding carboxylic acids is 1. The topological polar surface area (TPSA) is 106 Å². The van der Waals surface area contributed by atoms with Crippen LogP contribution in [0.1, 0.15) is 12.8 Å². The quantitative estimate of drug-likeness (QED) is 0.322. The largest absolute Gasteiger partial charge is 0.486 e. The van der Waals surface area contributed by atoms with E-state index in [1.807, 2.05) is 0 Å². The fourth-order valence-corrected chi connectivity index (χ4v) is 1.83. The van der Waals surface area contributed by atoms with Crippen LogP contribution >= 0.6 is 0 Å². The van der Waals surface area contributed by atoms with Crippen molar-refractivity contribution in [1.82, 2.24) is 0 Å². The van der Waals surface area contributed by atoms with Gasteiger partial charge in [-0.3, -0.25) is 4.79 Å². The average Bonchev–Trinajstić information content (AvgIpc) is 3.00. The average molecular weight is 279 g/mol. The number of amides is 1. The van der Waals surface area contributed by atoms with Gasteiger partial charge < -0.3 is 25.7 Å². The van der Waals surface area contributed by atoms with Gasteiger partial charge in [-0.1, -0.05) is 5.16 Å². The van der Waals surface area contributed by atoms with Crippen molar-refractivity contribution in [2.45, 2.75) is 18.9 Å². The molecular formula is C13H17N3O4. The van der Waals surface area contributed by atoms with Crippen LogP contribution in [-0.2, 0) is 9.53 Å². The minimum Gasteiger partial charge on any atom is -0.486 e. The van der Waals surface area contributed by atoms with Crippen LogP contribution in [0.25, 0.3) is 0 Å². The normalized spacial score (nSPS) is 18.8. The van der Waals surface area contributed by atoms with E-state index >= 15 is 0 Å². The Kier molecular flexibility index (Phi) is 4.78. The maximum Gasteiger partial charge on any atom is 0.253 e. The van der Waals surface area contributed by atoms with E-state index in [-0.39, 0.29) is 24.5 Å². The number of anilines is 1. The third-order valence-corrected chi connectivity index (χ3v) is 2.86. The number of hydrogen-bond donors (Lipinski definition) is 3. The SMILES string of the molecule is N/C(COc1ccc(NC(=O)C2CCCO2)cc1)=N\O. The summed E-state index contributed by atoms with van der Waals surface area (Å²) in [4.78, 5) is 11.8. The summed E-state index contributed by atoms with van der Waals surface area (Å²) in [5.74, 6) is 0.417. The van der Waals surface area contributed by atoms with Gasteiger partial charge >= 0.3 is 0 Å². The van der Waals surface area contributed by atoms with Crippen LogP contribution < -0.4 is 15.8 Å². The first-order valence-corrected chi connectivity index (χ1v) is 6.31. The molecule has 1 heterocycles. The molecule has 0 bridgehead atoms. The van der Waals surface area contributed by atoms with E-state index in [2.05, 4.69) is 10.5 Å². The van der Waals surface area contributed by atoms with Crippen molar-refractivity contribution in [3.63, 3.8) is 0 Å². The monoisotopic (exact) mass is 279 g/mol. The Labute approximate surface area is 116 Å². The van der Waals surface area contributed by atoms with Gasteiger partial charge in [0.25, 0.3) is 5.91 Å². The van der Waals surface area contributed by atoms with Gasteiger partial charge in [-0.05, 0) is 37.1 Å². The molecule has 1 amide bonds. The highest BCUT2D eigenvalue weighted by Crippen LogP contribution is 2.18. The number of nitrogens with one attached hydrogen (secondary N) is 1. The second-order valence-electron chi connectivity index (χ2n) is 4.40. The third-order valence-electron chi connectivity index (χ3n) is 2.86. The van der Waals surface area contributed by atoms with E-state index in [4.69, 9.17) is 20.4 Å². The lowest BCUT2D eigenvalue weighted by Gasteiger charge is -2.11. The first kappa shape index (κ1) is 14.1. The van der Waals surface area contributed by atoms with Crippen molar-refractivity contribution < 1.29 is 19.5 Å². The first-order chi connectivity index (χ1) is 9.69. The van der Waals surface area contributed by atoms with Crippen LogP contribution in [0.5, 0.6) is 5.75 Å². The van der Waals surface area contributed by atoms with Crippen LogP contribution in [0.2, 0.25) is 0 Å². The Morgan fingerprint density at radius 1 is 1.50 bits per heavy atom. The van der Waals surface area contributed by atoms with Gasteiger partial charge in [0.15, 0.2) is 5.84 Å². The summed E-state index contributed by atoms with van der Waals surface area (Å²) in [7, 11) is 0. The number of nitrogens with zero attached hydrogens (tertiary/aromatic N) is 1. The second kappa shape index (κ2) is 6.76. The van der Waals surface area contributed by atoms with Gasteiger partial charge in [-0.2, -0.15) is 0 Å². The van der Waals surface area contributed by atoms with Crippen LogP contribution in [0.4, 0.5) is 5.69 Å². The van der Waals surface area contributed by atoms with E-state index in [0.29, 0.717) is 18.0 Å². The molecule has 2 rings (SSSR count). The predicted octanol–water partition coefficient (Wildman–Crippen LogP) is 0.929. The smallest absolute Gasteiger partial charge is 0.253 e. The van der Waals surface area contributed by atoms with Crippen LogP contribution in [-0.4, -0.2) is 36.3 Å². The molecule has 0 spiro atoms. The Morgan fingerprint density at radius 3 is 2.85 bits per heavy atom. The highest BCUT2D eigenvalue weighted by atomic mass is 16.5. The third kappa shape index (κ3) is 3.86. The van der Waals surface area contributed by atoms with Crippen molar-refractivity contribution in [2.24, 2.45) is 10.9 Å². The molecule has 1 aliphatic heterocycles. The highest BCUT2D eigenvalue weighted by molar-refractivity contribution is 5.94. The van der Waals surface area contributed by atoms with E-state index in [9.17, 15) is 4.79 Å². The standard InChI is InChI=1S/C13H17N3O4/c14-12(16-18)8-20-10-5-3-9(4-6-10)15-13(17)11-2-1-7-19-11/h3-6,11,18H,1-2,7-8H2,(H2,14,16)(H,15,17). The van der Waals surface area contributed by atoms with Gasteiger partial charge in [0.1, 0.15) is 18.5 Å². The zero-order valence-corrected chi connectivity index (χ0v) is 10.9. The lowest BCUT2D eigenvalue weighted by Crippen LogP contribution is -2.26. The lowest BCUT2D eigenvalue weighted by atomic mass is 10.2. The molecule has 1 atom stereocenters. The van der Waals surface area contributed by atoms with E-state index in [0.717, 1.165) is 12.8 Å². The highest BCUT2D eigenvalue weighted by Gasteiger charge is 2.23. The number of ether oxygens (including phenoxy) is 2. The van der Waals surface area contributed by atoms with Gasteiger partial charge in [0.2, 0.25) is 0 Å². The zero-order chi connectivity index (χ0) is 14.4. The number of nitrogens with two attached hydrogens (primary N) is 1. The summed E-state index contributed by atoms with van der Waals surface area (Å²) in [6, 6.07) is 6.81. The van der Waals surface area contributed by atoms with Crippen molar-refractivity contribution >= 4 is 17.4 Å². The molecule has 0 saturated carbocycles. The molecule has 1 aromatic rings. The maximum atomic E-state index is 11.8. The van der Waals surface area contributed by atoms with Crippen molar-refractivity contribution in [1.29, 1.82) is 0 Å². The van der Waals surface area contributed by atoms with E-state index in [1.54, 1.807) is 24.3 Å². The fourth-order valence-electron chi connectivity index (χ4n) is 1.83. The molecule has 20 heavy (non-hydrogen) atoms. The summed E-state index contributed by atoms with van der Waals surface area (Å²) in [6.45, 7) is 0.636. The second-order valence-corrected chi connectivity index (χ2v) is 4.40. The molecule has 4 N–H and O–H groups in total. The molecule has 0 radical (unpaired) electrons. The Balaban J connectivity index is 1.86. The Morgan fingerprint density at radius 2 is 2.25 bits per heavy atom. The summed E-state index contributed by atoms with van der Waals surface area (Å²) in [6.07, 6.45) is 1.32. The van der Waals surface area contributed by atoms with Crippen molar-refractivity contribution in [3.8, 4) is 5.75 Å². The van der Waals surface area contributed by atoms with E-state index in [1.165, 1.54) is 0 Å². The number of amidine groups is 1. The minimum atomic E-state index is -0.355. The summed E-state index contributed by atoms with van der Waals surface area (Å²) in [5, 5.41) is 14.0. The molecule has 108 valence electrons. The van der Waals surface area contributed by atoms with Crippen molar-refractivity contribution in [3.05, 3.63) is 24.3 Å². The summed E-state index contributed by atoms with van der Waals surface area (Å²) < 4.78 is 10.6. The predicted molar refractivity (Wildman–Crippen MR) is 72.9 cm³/mol. The molecule has 0 aromatic heterocycles. The molecule has 0 aliphatic carbocycles. The minimum absolute atomic E-state index is 0.00187. The number of hydrogen-bond acceptors (Lipinski definition) is 5. The Hall–Kier alpha value is -2.28.